The van der Waals surface area contributed by atoms with Crippen molar-refractivity contribution >= 4 is 0 Å². The molecule has 0 aromatic heterocycles. The first-order valence-corrected chi connectivity index (χ1v) is 5.89. The molecule has 100 valence electrons. The van der Waals surface area contributed by atoms with Crippen molar-refractivity contribution in [2.24, 2.45) is 5.92 Å². The van der Waals surface area contributed by atoms with Gasteiger partial charge in [-0.05, 0) is 24.5 Å². The molecule has 0 saturated carbocycles. The third-order valence-electron chi connectivity index (χ3n) is 3.21. The van der Waals surface area contributed by atoms with E-state index in [1.165, 1.54) is 6.07 Å². The topological polar surface area (TPSA) is 29.5 Å². The van der Waals surface area contributed by atoms with Gasteiger partial charge < -0.3 is 9.84 Å². The Morgan fingerprint density at radius 2 is 2.17 bits per heavy atom. The van der Waals surface area contributed by atoms with E-state index in [1.54, 1.807) is 6.07 Å². The number of aliphatic hydroxyl groups excluding tert-OH is 1. The molecular weight excluding hydrogens is 245 g/mol. The van der Waals surface area contributed by atoms with Crippen molar-refractivity contribution in [3.8, 4) is 0 Å². The quantitative estimate of drug-likeness (QED) is 0.905. The second kappa shape index (κ2) is 5.28. The third kappa shape index (κ3) is 3.23. The van der Waals surface area contributed by atoms with Gasteiger partial charge >= 0.3 is 6.18 Å². The van der Waals surface area contributed by atoms with Gasteiger partial charge in [-0.2, -0.15) is 13.2 Å². The van der Waals surface area contributed by atoms with Crippen LogP contribution in [0.25, 0.3) is 0 Å². The number of rotatable bonds is 3. The normalized spacial score (nSPS) is 22.1. The number of hydrogen-bond donors (Lipinski definition) is 1. The zero-order valence-electron chi connectivity index (χ0n) is 9.78. The second-order valence-electron chi connectivity index (χ2n) is 4.59. The molecule has 1 aliphatic heterocycles. The average Bonchev–Trinajstić information content (AvgIpc) is 2.81. The molecule has 0 amide bonds. The van der Waals surface area contributed by atoms with Gasteiger partial charge in [0.15, 0.2) is 0 Å². The van der Waals surface area contributed by atoms with Crippen molar-refractivity contribution in [3.63, 3.8) is 0 Å². The van der Waals surface area contributed by atoms with Crippen molar-refractivity contribution in [1.29, 1.82) is 0 Å². The Morgan fingerprint density at radius 1 is 1.39 bits per heavy atom. The highest BCUT2D eigenvalue weighted by Crippen LogP contribution is 2.30. The van der Waals surface area contributed by atoms with Crippen molar-refractivity contribution in [3.05, 3.63) is 35.4 Å². The molecule has 0 spiro atoms. The van der Waals surface area contributed by atoms with E-state index in [0.717, 1.165) is 18.6 Å². The molecule has 0 bridgehead atoms. The summed E-state index contributed by atoms with van der Waals surface area (Å²) in [6.07, 6.45) is -3.98. The van der Waals surface area contributed by atoms with Crippen LogP contribution in [-0.2, 0) is 17.3 Å². The van der Waals surface area contributed by atoms with Gasteiger partial charge in [-0.15, -0.1) is 0 Å². The first-order valence-electron chi connectivity index (χ1n) is 5.89. The zero-order valence-corrected chi connectivity index (χ0v) is 9.78. The van der Waals surface area contributed by atoms with Gasteiger partial charge in [0.25, 0.3) is 0 Å². The smallest absolute Gasteiger partial charge is 0.392 e. The highest BCUT2D eigenvalue weighted by Gasteiger charge is 2.31. The van der Waals surface area contributed by atoms with Crippen LogP contribution in [0.3, 0.4) is 0 Å². The van der Waals surface area contributed by atoms with Gasteiger partial charge in [-0.3, -0.25) is 0 Å². The Hall–Kier alpha value is -1.07. The van der Waals surface area contributed by atoms with E-state index in [4.69, 9.17) is 4.74 Å². The van der Waals surface area contributed by atoms with Crippen molar-refractivity contribution < 1.29 is 23.0 Å². The molecular formula is C13H15F3O2. The summed E-state index contributed by atoms with van der Waals surface area (Å²) in [5, 5.41) is 9.93. The average molecular weight is 260 g/mol. The number of ether oxygens (including phenoxy) is 1. The molecule has 5 heteroatoms. The summed E-state index contributed by atoms with van der Waals surface area (Å²) in [4.78, 5) is 0. The van der Waals surface area contributed by atoms with Crippen LogP contribution in [0.2, 0.25) is 0 Å². The van der Waals surface area contributed by atoms with Crippen LogP contribution in [0, 0.1) is 5.92 Å². The van der Waals surface area contributed by atoms with Crippen LogP contribution in [0.4, 0.5) is 13.2 Å². The number of alkyl halides is 3. The van der Waals surface area contributed by atoms with E-state index in [1.807, 2.05) is 0 Å². The minimum Gasteiger partial charge on any atom is -0.392 e. The second-order valence-corrected chi connectivity index (χ2v) is 4.59. The highest BCUT2D eigenvalue weighted by atomic mass is 19.4. The van der Waals surface area contributed by atoms with E-state index < -0.39 is 17.8 Å². The molecule has 2 rings (SSSR count). The van der Waals surface area contributed by atoms with Gasteiger partial charge in [-0.25, -0.2) is 0 Å². The van der Waals surface area contributed by atoms with Gasteiger partial charge in [0.2, 0.25) is 0 Å². The summed E-state index contributed by atoms with van der Waals surface area (Å²) >= 11 is 0. The van der Waals surface area contributed by atoms with Crippen molar-refractivity contribution in [2.75, 3.05) is 13.2 Å². The predicted octanol–water partition coefficient (Wildman–Crippen LogP) is 2.65. The molecule has 1 aliphatic rings. The Morgan fingerprint density at radius 3 is 2.78 bits per heavy atom. The summed E-state index contributed by atoms with van der Waals surface area (Å²) in [7, 11) is 0. The van der Waals surface area contributed by atoms with Crippen LogP contribution in [-0.4, -0.2) is 24.4 Å². The molecule has 1 N–H and O–H groups in total. The molecule has 2 atom stereocenters. The van der Waals surface area contributed by atoms with E-state index in [9.17, 15) is 18.3 Å². The van der Waals surface area contributed by atoms with Crippen LogP contribution in [0.1, 0.15) is 17.5 Å². The van der Waals surface area contributed by atoms with Gasteiger partial charge in [0.1, 0.15) is 0 Å². The third-order valence-corrected chi connectivity index (χ3v) is 3.21. The lowest BCUT2D eigenvalue weighted by atomic mass is 9.95. The standard InChI is InChI=1S/C13H15F3O2/c14-13(15,16)11-3-1-2-9(6-11)7-12(17)10-4-5-18-8-10/h1-3,6,10,12,17H,4-5,7-8H2. The largest absolute Gasteiger partial charge is 0.416 e. The van der Waals surface area contributed by atoms with Crippen LogP contribution in [0.5, 0.6) is 0 Å². The molecule has 0 aliphatic carbocycles. The molecule has 18 heavy (non-hydrogen) atoms. The Kier molecular flexibility index (Phi) is 3.92. The fourth-order valence-corrected chi connectivity index (χ4v) is 2.14. The lowest BCUT2D eigenvalue weighted by molar-refractivity contribution is -0.137. The zero-order chi connectivity index (χ0) is 13.2. The van der Waals surface area contributed by atoms with Crippen LogP contribution < -0.4 is 0 Å². The minimum atomic E-state index is -4.34. The summed E-state index contributed by atoms with van der Waals surface area (Å²) in [5.41, 5.74) is -0.168. The molecule has 1 aromatic carbocycles. The summed E-state index contributed by atoms with van der Waals surface area (Å²) in [6, 6.07) is 5.11. The maximum atomic E-state index is 12.5. The van der Waals surface area contributed by atoms with Crippen molar-refractivity contribution in [2.45, 2.75) is 25.1 Å². The maximum absolute atomic E-state index is 12.5. The van der Waals surface area contributed by atoms with E-state index in [-0.39, 0.29) is 12.3 Å². The molecule has 1 saturated heterocycles. The number of benzene rings is 1. The first-order chi connectivity index (χ1) is 8.47. The monoisotopic (exact) mass is 260 g/mol. The SMILES string of the molecule is OC(Cc1cccc(C(F)(F)F)c1)C1CCOC1. The van der Waals surface area contributed by atoms with Crippen molar-refractivity contribution in [1.82, 2.24) is 0 Å². The molecule has 0 radical (unpaired) electrons. The minimum absolute atomic E-state index is 0.0274. The van der Waals surface area contributed by atoms with Gasteiger partial charge in [0.05, 0.1) is 18.3 Å². The number of aliphatic hydroxyl groups is 1. The lowest BCUT2D eigenvalue weighted by Crippen LogP contribution is -2.23. The lowest BCUT2D eigenvalue weighted by Gasteiger charge is -2.17. The number of halogens is 3. The Labute approximate surface area is 103 Å². The Balaban J connectivity index is 2.04. The molecule has 2 nitrogen and oxygen atoms in total. The molecule has 1 aromatic rings. The highest BCUT2D eigenvalue weighted by molar-refractivity contribution is 5.26. The van der Waals surface area contributed by atoms with E-state index in [0.29, 0.717) is 18.8 Å². The van der Waals surface area contributed by atoms with Gasteiger partial charge in [0, 0.05) is 12.5 Å². The summed E-state index contributed by atoms with van der Waals surface area (Å²) in [5.74, 6) is 0.0274. The fourth-order valence-electron chi connectivity index (χ4n) is 2.14. The van der Waals surface area contributed by atoms with E-state index in [2.05, 4.69) is 0 Å². The Bertz CT molecular complexity index is 397. The fraction of sp³-hybridized carbons (Fsp3) is 0.538. The maximum Gasteiger partial charge on any atom is 0.416 e. The van der Waals surface area contributed by atoms with Crippen LogP contribution in [0.15, 0.2) is 24.3 Å². The molecule has 1 heterocycles. The molecule has 1 fully saturated rings. The van der Waals surface area contributed by atoms with E-state index >= 15 is 0 Å². The van der Waals surface area contributed by atoms with Crippen LogP contribution >= 0.6 is 0 Å². The predicted molar refractivity (Wildman–Crippen MR) is 60.1 cm³/mol. The molecule has 2 unspecified atom stereocenters. The first kappa shape index (κ1) is 13.4. The van der Waals surface area contributed by atoms with Gasteiger partial charge in [-0.1, -0.05) is 18.2 Å². The number of hydrogen-bond acceptors (Lipinski definition) is 2. The summed E-state index contributed by atoms with van der Waals surface area (Å²) in [6.45, 7) is 1.10. The summed E-state index contributed by atoms with van der Waals surface area (Å²) < 4.78 is 42.7.